The summed E-state index contributed by atoms with van der Waals surface area (Å²) in [4.78, 5) is 4.24. The van der Waals surface area contributed by atoms with Crippen LogP contribution in [-0.4, -0.2) is 4.98 Å². The van der Waals surface area contributed by atoms with Gasteiger partial charge < -0.3 is 0 Å². The average molecular weight is 298 g/mol. The summed E-state index contributed by atoms with van der Waals surface area (Å²) in [5.41, 5.74) is 2.06. The van der Waals surface area contributed by atoms with Crippen LogP contribution in [0, 0.1) is 11.3 Å². The van der Waals surface area contributed by atoms with E-state index in [9.17, 15) is 0 Å². The molecule has 2 rings (SSSR count). The Morgan fingerprint density at radius 1 is 1.22 bits per heavy atom. The number of pyridine rings is 1. The summed E-state index contributed by atoms with van der Waals surface area (Å²) in [5.74, 6) is 0. The second kappa shape index (κ2) is 5.58. The summed E-state index contributed by atoms with van der Waals surface area (Å²) in [6, 6.07) is 9.09. The van der Waals surface area contributed by atoms with Crippen molar-refractivity contribution in [3.05, 3.63) is 51.1 Å². The minimum absolute atomic E-state index is 0.214. The van der Waals surface area contributed by atoms with Gasteiger partial charge in [0.05, 0.1) is 33.3 Å². The summed E-state index contributed by atoms with van der Waals surface area (Å²) in [5, 5.41) is 10.2. The third kappa shape index (κ3) is 2.59. The van der Waals surface area contributed by atoms with Gasteiger partial charge in [-0.1, -0.05) is 46.9 Å². The lowest BCUT2D eigenvalue weighted by Crippen LogP contribution is -1.93. The van der Waals surface area contributed by atoms with Crippen LogP contribution in [0.4, 0.5) is 0 Å². The number of halogens is 3. The number of nitrogens with zero attached hydrogens (tertiary/aromatic N) is 2. The molecule has 2 nitrogen and oxygen atoms in total. The van der Waals surface area contributed by atoms with Crippen LogP contribution in [0.5, 0.6) is 0 Å². The Bertz CT molecular complexity index is 633. The van der Waals surface area contributed by atoms with Crippen LogP contribution in [0.3, 0.4) is 0 Å². The maximum Gasteiger partial charge on any atom is 0.0761 e. The Hall–Kier alpha value is -1.27. The van der Waals surface area contributed by atoms with E-state index < -0.39 is 0 Å². The lowest BCUT2D eigenvalue weighted by atomic mass is 10.0. The molecule has 1 aromatic heterocycles. The van der Waals surface area contributed by atoms with Crippen LogP contribution < -0.4 is 0 Å². The smallest absolute Gasteiger partial charge is 0.0761 e. The summed E-state index contributed by atoms with van der Waals surface area (Å²) < 4.78 is 0. The van der Waals surface area contributed by atoms with Gasteiger partial charge in [0, 0.05) is 11.8 Å². The van der Waals surface area contributed by atoms with E-state index in [1.54, 1.807) is 18.2 Å². The van der Waals surface area contributed by atoms with Crippen molar-refractivity contribution in [2.24, 2.45) is 0 Å². The molecule has 0 spiro atoms. The summed E-state index contributed by atoms with van der Waals surface area (Å²) >= 11 is 18.0. The van der Waals surface area contributed by atoms with Crippen molar-refractivity contribution in [3.8, 4) is 17.3 Å². The third-order valence-electron chi connectivity index (χ3n) is 2.41. The molecule has 0 aliphatic rings. The Morgan fingerprint density at radius 3 is 2.72 bits per heavy atom. The predicted octanol–water partition coefficient (Wildman–Crippen LogP) is 4.77. The fourth-order valence-electron chi connectivity index (χ4n) is 1.63. The van der Waals surface area contributed by atoms with E-state index in [1.807, 2.05) is 6.07 Å². The van der Waals surface area contributed by atoms with Gasteiger partial charge >= 0.3 is 0 Å². The number of hydrogen-bond donors (Lipinski definition) is 0. The SMILES string of the molecule is N#CCc1cc(Cl)cnc1-c1cccc(Cl)c1Cl. The summed E-state index contributed by atoms with van der Waals surface area (Å²) in [7, 11) is 0. The first-order valence-corrected chi connectivity index (χ1v) is 6.22. The Balaban J connectivity index is 2.64. The number of hydrogen-bond acceptors (Lipinski definition) is 2. The quantitative estimate of drug-likeness (QED) is 0.800. The van der Waals surface area contributed by atoms with E-state index in [0.29, 0.717) is 26.3 Å². The largest absolute Gasteiger partial charge is 0.254 e. The van der Waals surface area contributed by atoms with E-state index in [1.165, 1.54) is 6.20 Å². The standard InChI is InChI=1S/C13H7Cl3N2/c14-9-6-8(4-5-17)13(18-7-9)10-2-1-3-11(15)12(10)16/h1-3,6-7H,4H2. The lowest BCUT2D eigenvalue weighted by molar-refractivity contribution is 1.20. The molecular weight excluding hydrogens is 291 g/mol. The Morgan fingerprint density at radius 2 is 2.00 bits per heavy atom. The van der Waals surface area contributed by atoms with Crippen LogP contribution >= 0.6 is 34.8 Å². The first kappa shape index (κ1) is 13.2. The molecule has 0 fully saturated rings. The van der Waals surface area contributed by atoms with Crippen LogP contribution in [0.15, 0.2) is 30.5 Å². The number of benzene rings is 1. The Kier molecular flexibility index (Phi) is 4.08. The highest BCUT2D eigenvalue weighted by molar-refractivity contribution is 6.43. The van der Waals surface area contributed by atoms with Gasteiger partial charge in [-0.25, -0.2) is 0 Å². The molecule has 0 amide bonds. The third-order valence-corrected chi connectivity index (χ3v) is 3.44. The van der Waals surface area contributed by atoms with Crippen LogP contribution in [0.25, 0.3) is 11.3 Å². The van der Waals surface area contributed by atoms with Crippen molar-refractivity contribution < 1.29 is 0 Å². The van der Waals surface area contributed by atoms with Gasteiger partial charge in [0.25, 0.3) is 0 Å². The van der Waals surface area contributed by atoms with Crippen molar-refractivity contribution in [1.29, 1.82) is 5.26 Å². The molecular formula is C13H7Cl3N2. The van der Waals surface area contributed by atoms with Gasteiger partial charge in [-0.2, -0.15) is 5.26 Å². The van der Waals surface area contributed by atoms with E-state index in [4.69, 9.17) is 40.1 Å². The molecule has 90 valence electrons. The topological polar surface area (TPSA) is 36.7 Å². The van der Waals surface area contributed by atoms with Gasteiger partial charge in [0.15, 0.2) is 0 Å². The number of rotatable bonds is 2. The molecule has 0 saturated carbocycles. The molecule has 2 aromatic rings. The maximum atomic E-state index is 8.83. The zero-order valence-corrected chi connectivity index (χ0v) is 11.4. The molecule has 0 saturated heterocycles. The van der Waals surface area contributed by atoms with E-state index in [-0.39, 0.29) is 6.42 Å². The molecule has 0 radical (unpaired) electrons. The summed E-state index contributed by atoms with van der Waals surface area (Å²) in [6.45, 7) is 0. The second-order valence-corrected chi connectivity index (χ2v) is 4.82. The lowest BCUT2D eigenvalue weighted by Gasteiger charge is -2.09. The van der Waals surface area contributed by atoms with Crippen LogP contribution in [0.2, 0.25) is 15.1 Å². The van der Waals surface area contributed by atoms with E-state index >= 15 is 0 Å². The number of nitriles is 1. The normalized spacial score (nSPS) is 10.1. The maximum absolute atomic E-state index is 8.83. The van der Waals surface area contributed by atoms with E-state index in [2.05, 4.69) is 11.1 Å². The molecule has 0 aliphatic carbocycles. The highest BCUT2D eigenvalue weighted by Crippen LogP contribution is 2.34. The first-order chi connectivity index (χ1) is 8.63. The van der Waals surface area contributed by atoms with Crippen LogP contribution in [-0.2, 0) is 6.42 Å². The van der Waals surface area contributed by atoms with Crippen molar-refractivity contribution in [2.75, 3.05) is 0 Å². The monoisotopic (exact) mass is 296 g/mol. The minimum atomic E-state index is 0.214. The number of aromatic nitrogens is 1. The molecule has 0 unspecified atom stereocenters. The predicted molar refractivity (Wildman–Crippen MR) is 74.0 cm³/mol. The highest BCUT2D eigenvalue weighted by Gasteiger charge is 2.12. The van der Waals surface area contributed by atoms with Gasteiger partial charge in [-0.3, -0.25) is 4.98 Å². The molecule has 0 N–H and O–H groups in total. The van der Waals surface area contributed by atoms with Crippen LogP contribution in [0.1, 0.15) is 5.56 Å². The molecule has 0 bridgehead atoms. The molecule has 1 aromatic carbocycles. The van der Waals surface area contributed by atoms with Gasteiger partial charge in [-0.05, 0) is 17.7 Å². The Labute approximate surface area is 120 Å². The fraction of sp³-hybridized carbons (Fsp3) is 0.0769. The minimum Gasteiger partial charge on any atom is -0.254 e. The van der Waals surface area contributed by atoms with Crippen molar-refractivity contribution >= 4 is 34.8 Å². The van der Waals surface area contributed by atoms with Crippen molar-refractivity contribution in [3.63, 3.8) is 0 Å². The molecule has 1 heterocycles. The first-order valence-electron chi connectivity index (χ1n) is 5.09. The zero-order chi connectivity index (χ0) is 13.1. The fourth-order valence-corrected chi connectivity index (χ4v) is 2.20. The second-order valence-electron chi connectivity index (χ2n) is 3.60. The summed E-state index contributed by atoms with van der Waals surface area (Å²) in [6.07, 6.45) is 1.74. The van der Waals surface area contributed by atoms with Crippen molar-refractivity contribution in [2.45, 2.75) is 6.42 Å². The molecule has 18 heavy (non-hydrogen) atoms. The van der Waals surface area contributed by atoms with E-state index in [0.717, 1.165) is 5.56 Å². The molecule has 0 atom stereocenters. The van der Waals surface area contributed by atoms with Gasteiger partial charge in [-0.15, -0.1) is 0 Å². The molecule has 0 aliphatic heterocycles. The average Bonchev–Trinajstić information content (AvgIpc) is 2.34. The van der Waals surface area contributed by atoms with Gasteiger partial charge in [0.2, 0.25) is 0 Å². The highest BCUT2D eigenvalue weighted by atomic mass is 35.5. The van der Waals surface area contributed by atoms with Gasteiger partial charge in [0.1, 0.15) is 0 Å². The molecule has 5 heteroatoms. The zero-order valence-electron chi connectivity index (χ0n) is 9.12. The van der Waals surface area contributed by atoms with Crippen molar-refractivity contribution in [1.82, 2.24) is 4.98 Å².